The molecular formula is C10H12ClNO2. The second-order valence-electron chi connectivity index (χ2n) is 2.94. The number of carbonyl (C=O) groups is 1. The molecule has 0 bridgehead atoms. The molecule has 1 atom stereocenters. The molecule has 0 aromatic heterocycles. The van der Waals surface area contributed by atoms with Crippen LogP contribution >= 0.6 is 11.6 Å². The van der Waals surface area contributed by atoms with Gasteiger partial charge >= 0.3 is 0 Å². The Hall–Kier alpha value is -1.22. The number of hydrogen-bond donors (Lipinski definition) is 1. The van der Waals surface area contributed by atoms with Gasteiger partial charge < -0.3 is 10.5 Å². The highest BCUT2D eigenvalue weighted by Gasteiger charge is 2.20. The van der Waals surface area contributed by atoms with E-state index in [1.807, 2.05) is 0 Å². The minimum Gasteiger partial charge on any atom is -0.496 e. The maximum Gasteiger partial charge on any atom is 0.152 e. The van der Waals surface area contributed by atoms with E-state index in [2.05, 4.69) is 0 Å². The van der Waals surface area contributed by atoms with Gasteiger partial charge in [0.25, 0.3) is 0 Å². The first-order chi connectivity index (χ1) is 6.57. The van der Waals surface area contributed by atoms with E-state index in [4.69, 9.17) is 22.1 Å². The Bertz CT molecular complexity index is 352. The second kappa shape index (κ2) is 4.33. The molecule has 0 amide bonds. The molecule has 14 heavy (non-hydrogen) atoms. The molecule has 0 aliphatic heterocycles. The van der Waals surface area contributed by atoms with Crippen LogP contribution in [-0.4, -0.2) is 12.9 Å². The van der Waals surface area contributed by atoms with E-state index in [-0.39, 0.29) is 5.78 Å². The van der Waals surface area contributed by atoms with E-state index in [0.29, 0.717) is 17.0 Å². The molecule has 3 nitrogen and oxygen atoms in total. The van der Waals surface area contributed by atoms with Crippen molar-refractivity contribution in [1.82, 2.24) is 0 Å². The van der Waals surface area contributed by atoms with Crippen LogP contribution in [0, 0.1) is 0 Å². The molecule has 76 valence electrons. The van der Waals surface area contributed by atoms with Gasteiger partial charge in [-0.3, -0.25) is 4.79 Å². The van der Waals surface area contributed by atoms with Gasteiger partial charge in [0.15, 0.2) is 5.78 Å². The highest BCUT2D eigenvalue weighted by Crippen LogP contribution is 2.34. The molecule has 0 saturated heterocycles. The summed E-state index contributed by atoms with van der Waals surface area (Å²) < 4.78 is 5.08. The van der Waals surface area contributed by atoms with Gasteiger partial charge in [-0.15, -0.1) is 11.6 Å². The van der Waals surface area contributed by atoms with Crippen LogP contribution in [0.3, 0.4) is 0 Å². The highest BCUT2D eigenvalue weighted by atomic mass is 35.5. The molecule has 2 N–H and O–H groups in total. The van der Waals surface area contributed by atoms with Crippen molar-refractivity contribution in [3.05, 3.63) is 23.8 Å². The van der Waals surface area contributed by atoms with Crippen LogP contribution < -0.4 is 10.5 Å². The third kappa shape index (κ3) is 1.99. The number of hydrogen-bond acceptors (Lipinski definition) is 3. The smallest absolute Gasteiger partial charge is 0.152 e. The molecule has 4 heteroatoms. The van der Waals surface area contributed by atoms with Crippen LogP contribution in [0.2, 0.25) is 0 Å². The van der Waals surface area contributed by atoms with Gasteiger partial charge in [0.2, 0.25) is 0 Å². The standard InChI is InChI=1S/C10H12ClNO2/c1-6(13)10(11)9-7(12)4-3-5-8(9)14-2/h3-5,10H,12H2,1-2H3. The maximum atomic E-state index is 11.1. The Morgan fingerprint density at radius 2 is 2.21 bits per heavy atom. The van der Waals surface area contributed by atoms with E-state index in [1.165, 1.54) is 14.0 Å². The number of nitrogen functional groups attached to an aromatic ring is 1. The fourth-order valence-electron chi connectivity index (χ4n) is 1.21. The molecule has 0 saturated carbocycles. The summed E-state index contributed by atoms with van der Waals surface area (Å²) in [5, 5.41) is -0.744. The van der Waals surface area contributed by atoms with Crippen molar-refractivity contribution in [3.8, 4) is 5.75 Å². The number of methoxy groups -OCH3 is 1. The van der Waals surface area contributed by atoms with Gasteiger partial charge in [-0.2, -0.15) is 0 Å². The van der Waals surface area contributed by atoms with Gasteiger partial charge in [-0.25, -0.2) is 0 Å². The van der Waals surface area contributed by atoms with E-state index in [1.54, 1.807) is 18.2 Å². The quantitative estimate of drug-likeness (QED) is 0.618. The van der Waals surface area contributed by atoms with Crippen molar-refractivity contribution >= 4 is 23.1 Å². The normalized spacial score (nSPS) is 12.2. The molecule has 1 rings (SSSR count). The lowest BCUT2D eigenvalue weighted by atomic mass is 10.1. The molecule has 0 fully saturated rings. The first kappa shape index (κ1) is 10.9. The van der Waals surface area contributed by atoms with Crippen molar-refractivity contribution in [2.45, 2.75) is 12.3 Å². The summed E-state index contributed by atoms with van der Waals surface area (Å²) in [6.45, 7) is 1.42. The molecule has 0 aliphatic rings. The number of benzene rings is 1. The number of ketones is 1. The predicted octanol–water partition coefficient (Wildman–Crippen LogP) is 2.15. The predicted molar refractivity (Wildman–Crippen MR) is 56.7 cm³/mol. The van der Waals surface area contributed by atoms with Crippen molar-refractivity contribution in [1.29, 1.82) is 0 Å². The number of Topliss-reactive ketones (excluding diaryl/α,β-unsaturated/α-hetero) is 1. The van der Waals surface area contributed by atoms with E-state index in [0.717, 1.165) is 0 Å². The van der Waals surface area contributed by atoms with Crippen LogP contribution in [0.25, 0.3) is 0 Å². The molecule has 0 heterocycles. The molecule has 0 spiro atoms. The largest absolute Gasteiger partial charge is 0.496 e. The van der Waals surface area contributed by atoms with Gasteiger partial charge in [-0.05, 0) is 19.1 Å². The zero-order valence-corrected chi connectivity index (χ0v) is 8.84. The number of rotatable bonds is 3. The minimum atomic E-state index is -0.744. The van der Waals surface area contributed by atoms with Crippen LogP contribution in [0.4, 0.5) is 5.69 Å². The Labute approximate surface area is 87.8 Å². The summed E-state index contributed by atoms with van der Waals surface area (Å²) in [7, 11) is 1.52. The van der Waals surface area contributed by atoms with Crippen molar-refractivity contribution < 1.29 is 9.53 Å². The molecule has 1 aromatic carbocycles. The average Bonchev–Trinajstić information content (AvgIpc) is 2.16. The van der Waals surface area contributed by atoms with Crippen LogP contribution in [0.1, 0.15) is 17.9 Å². The summed E-state index contributed by atoms with van der Waals surface area (Å²) in [6, 6.07) is 5.17. The average molecular weight is 214 g/mol. The number of anilines is 1. The zero-order valence-electron chi connectivity index (χ0n) is 8.08. The third-order valence-electron chi connectivity index (χ3n) is 1.93. The summed E-state index contributed by atoms with van der Waals surface area (Å²) in [4.78, 5) is 11.1. The SMILES string of the molecule is COc1cccc(N)c1C(Cl)C(C)=O. The Morgan fingerprint density at radius 3 is 2.71 bits per heavy atom. The Kier molecular flexibility index (Phi) is 3.36. The van der Waals surface area contributed by atoms with Crippen molar-refractivity contribution in [2.75, 3.05) is 12.8 Å². The van der Waals surface area contributed by atoms with Crippen LogP contribution in [-0.2, 0) is 4.79 Å². The Morgan fingerprint density at radius 1 is 1.57 bits per heavy atom. The summed E-state index contributed by atoms with van der Waals surface area (Å²) in [5.41, 5.74) is 6.74. The minimum absolute atomic E-state index is 0.150. The topological polar surface area (TPSA) is 52.3 Å². The monoisotopic (exact) mass is 213 g/mol. The molecular weight excluding hydrogens is 202 g/mol. The summed E-state index contributed by atoms with van der Waals surface area (Å²) >= 11 is 5.92. The number of nitrogens with two attached hydrogens (primary N) is 1. The fraction of sp³-hybridized carbons (Fsp3) is 0.300. The van der Waals surface area contributed by atoms with Gasteiger partial charge in [-0.1, -0.05) is 6.07 Å². The van der Waals surface area contributed by atoms with Gasteiger partial charge in [0.05, 0.1) is 7.11 Å². The van der Waals surface area contributed by atoms with Gasteiger partial charge in [0.1, 0.15) is 11.1 Å². The number of halogens is 1. The molecule has 1 aromatic rings. The first-order valence-corrected chi connectivity index (χ1v) is 4.58. The lowest BCUT2D eigenvalue weighted by Crippen LogP contribution is -2.07. The zero-order chi connectivity index (χ0) is 10.7. The number of ether oxygens (including phenoxy) is 1. The van der Waals surface area contributed by atoms with E-state index >= 15 is 0 Å². The van der Waals surface area contributed by atoms with Crippen molar-refractivity contribution in [3.63, 3.8) is 0 Å². The molecule has 1 unspecified atom stereocenters. The second-order valence-corrected chi connectivity index (χ2v) is 3.37. The van der Waals surface area contributed by atoms with Gasteiger partial charge in [0, 0.05) is 11.3 Å². The molecule has 0 radical (unpaired) electrons. The van der Waals surface area contributed by atoms with Crippen molar-refractivity contribution in [2.24, 2.45) is 0 Å². The first-order valence-electron chi connectivity index (χ1n) is 4.14. The van der Waals surface area contributed by atoms with E-state index < -0.39 is 5.38 Å². The van der Waals surface area contributed by atoms with Crippen LogP contribution in [0.5, 0.6) is 5.75 Å². The molecule has 0 aliphatic carbocycles. The number of carbonyl (C=O) groups excluding carboxylic acids is 1. The lowest BCUT2D eigenvalue weighted by molar-refractivity contribution is -0.116. The third-order valence-corrected chi connectivity index (χ3v) is 2.46. The fourth-order valence-corrected chi connectivity index (χ4v) is 1.45. The van der Waals surface area contributed by atoms with Crippen LogP contribution in [0.15, 0.2) is 18.2 Å². The lowest BCUT2D eigenvalue weighted by Gasteiger charge is -2.13. The summed E-state index contributed by atoms with van der Waals surface area (Å²) in [5.74, 6) is 0.392. The highest BCUT2D eigenvalue weighted by molar-refractivity contribution is 6.31. The summed E-state index contributed by atoms with van der Waals surface area (Å²) in [6.07, 6.45) is 0. The number of alkyl halides is 1. The maximum absolute atomic E-state index is 11.1. The Balaban J connectivity index is 3.23. The van der Waals surface area contributed by atoms with E-state index in [9.17, 15) is 4.79 Å².